The third-order valence-corrected chi connectivity index (χ3v) is 8.94. The van der Waals surface area contributed by atoms with Gasteiger partial charge in [0, 0.05) is 62.8 Å². The molecule has 0 bridgehead atoms. The van der Waals surface area contributed by atoms with E-state index in [-0.39, 0.29) is 12.4 Å². The second kappa shape index (κ2) is 17.2. The third-order valence-electron chi connectivity index (χ3n) is 8.94. The first-order chi connectivity index (χ1) is 26.5. The van der Waals surface area contributed by atoms with Gasteiger partial charge in [-0.15, -0.1) is 12.4 Å². The van der Waals surface area contributed by atoms with Gasteiger partial charge in [-0.1, -0.05) is 24.3 Å². The molecular formula is C39H47ClN14O2. The molecule has 16 nitrogen and oxygen atoms in total. The summed E-state index contributed by atoms with van der Waals surface area (Å²) < 4.78 is 8.77. The fourth-order valence-electron chi connectivity index (χ4n) is 6.03. The van der Waals surface area contributed by atoms with Gasteiger partial charge in [-0.2, -0.15) is 20.2 Å². The Labute approximate surface area is 331 Å². The molecule has 5 N–H and O–H groups in total. The molecule has 2 aromatic carbocycles. The number of amides is 1. The molecule has 292 valence electrons. The van der Waals surface area contributed by atoms with Crippen LogP contribution in [-0.4, -0.2) is 61.2 Å². The summed E-state index contributed by atoms with van der Waals surface area (Å²) in [7, 11) is 3.71. The Kier molecular flexibility index (Phi) is 12.2. The van der Waals surface area contributed by atoms with E-state index in [2.05, 4.69) is 74.3 Å². The van der Waals surface area contributed by atoms with Crippen molar-refractivity contribution < 1.29 is 9.53 Å². The summed E-state index contributed by atoms with van der Waals surface area (Å²) in [5.41, 5.74) is 12.1. The van der Waals surface area contributed by atoms with E-state index in [1.807, 2.05) is 77.6 Å². The molecule has 6 aromatic rings. The SMILES string of the molecule is Cl.Cn1ccc(Nc2ncnc(-c3ccc(CN)c(C4CC4)c3)n2)n1.Cn1ccc(Nc2ncnc(-c3ccc(CNC(=O)OC(C)(C)C)c(C4CC4)c3)n2)n1. The van der Waals surface area contributed by atoms with Crippen LogP contribution in [0.5, 0.6) is 0 Å². The minimum Gasteiger partial charge on any atom is -0.444 e. The van der Waals surface area contributed by atoms with Crippen LogP contribution in [0, 0.1) is 0 Å². The number of benzene rings is 2. The Morgan fingerprint density at radius 3 is 1.66 bits per heavy atom. The maximum absolute atomic E-state index is 12.0. The highest BCUT2D eigenvalue weighted by molar-refractivity contribution is 5.85. The highest BCUT2D eigenvalue weighted by atomic mass is 35.5. The Morgan fingerprint density at radius 1 is 0.750 bits per heavy atom. The van der Waals surface area contributed by atoms with Gasteiger partial charge in [0.05, 0.1) is 0 Å². The van der Waals surface area contributed by atoms with Crippen molar-refractivity contribution in [2.45, 2.75) is 77.0 Å². The van der Waals surface area contributed by atoms with E-state index in [0.29, 0.717) is 60.1 Å². The van der Waals surface area contributed by atoms with Crippen molar-refractivity contribution in [3.63, 3.8) is 0 Å². The molecule has 1 amide bonds. The van der Waals surface area contributed by atoms with E-state index in [0.717, 1.165) is 29.5 Å². The van der Waals surface area contributed by atoms with Crippen LogP contribution in [0.3, 0.4) is 0 Å². The molecule has 17 heteroatoms. The Bertz CT molecular complexity index is 2280. The number of halogens is 1. The van der Waals surface area contributed by atoms with Crippen LogP contribution in [0.15, 0.2) is 73.6 Å². The lowest BCUT2D eigenvalue weighted by Gasteiger charge is -2.20. The van der Waals surface area contributed by atoms with Gasteiger partial charge in [-0.25, -0.2) is 24.7 Å². The summed E-state index contributed by atoms with van der Waals surface area (Å²) >= 11 is 0. The lowest BCUT2D eigenvalue weighted by molar-refractivity contribution is 0.0523. The predicted molar refractivity (Wildman–Crippen MR) is 216 cm³/mol. The first-order valence-corrected chi connectivity index (χ1v) is 18.3. The first-order valence-electron chi connectivity index (χ1n) is 18.3. The van der Waals surface area contributed by atoms with Gasteiger partial charge in [-0.05, 0) is 92.7 Å². The highest BCUT2D eigenvalue weighted by Crippen LogP contribution is 2.43. The van der Waals surface area contributed by atoms with E-state index in [1.165, 1.54) is 42.2 Å². The van der Waals surface area contributed by atoms with Crippen molar-refractivity contribution in [1.29, 1.82) is 0 Å². The van der Waals surface area contributed by atoms with E-state index in [1.54, 1.807) is 9.36 Å². The van der Waals surface area contributed by atoms with E-state index >= 15 is 0 Å². The van der Waals surface area contributed by atoms with Crippen molar-refractivity contribution >= 4 is 42.0 Å². The van der Waals surface area contributed by atoms with Gasteiger partial charge < -0.3 is 26.4 Å². The molecule has 4 aromatic heterocycles. The van der Waals surface area contributed by atoms with Gasteiger partial charge in [0.15, 0.2) is 23.3 Å². The second-order valence-electron chi connectivity index (χ2n) is 14.7. The molecule has 56 heavy (non-hydrogen) atoms. The lowest BCUT2D eigenvalue weighted by atomic mass is 9.99. The molecule has 2 saturated carbocycles. The van der Waals surface area contributed by atoms with Crippen molar-refractivity contribution in [3.8, 4) is 22.8 Å². The first kappa shape index (κ1) is 39.7. The number of anilines is 4. The van der Waals surface area contributed by atoms with Crippen molar-refractivity contribution in [2.75, 3.05) is 10.6 Å². The van der Waals surface area contributed by atoms with Crippen LogP contribution >= 0.6 is 12.4 Å². The molecule has 0 atom stereocenters. The van der Waals surface area contributed by atoms with Crippen LogP contribution in [-0.2, 0) is 31.9 Å². The number of hydrogen-bond donors (Lipinski definition) is 4. The fraction of sp³-hybridized carbons (Fsp3) is 0.359. The van der Waals surface area contributed by atoms with Crippen molar-refractivity contribution in [1.82, 2.24) is 54.8 Å². The fourth-order valence-corrected chi connectivity index (χ4v) is 6.03. The molecule has 4 heterocycles. The zero-order chi connectivity index (χ0) is 38.5. The summed E-state index contributed by atoms with van der Waals surface area (Å²) in [6, 6.07) is 16.1. The van der Waals surface area contributed by atoms with Crippen LogP contribution in [0.1, 0.15) is 80.5 Å². The zero-order valence-corrected chi connectivity index (χ0v) is 32.9. The molecule has 2 aliphatic rings. The molecule has 2 aliphatic carbocycles. The molecule has 0 aliphatic heterocycles. The molecule has 0 radical (unpaired) electrons. The number of carbonyl (C=O) groups excluding carboxylic acids is 1. The minimum atomic E-state index is -0.521. The number of carbonyl (C=O) groups is 1. The average Bonchev–Trinajstić information content (AvgIpc) is 4.10. The molecule has 0 unspecified atom stereocenters. The number of alkyl carbamates (subject to hydrolysis) is 1. The Balaban J connectivity index is 0.000000192. The quantitative estimate of drug-likeness (QED) is 0.108. The summed E-state index contributed by atoms with van der Waals surface area (Å²) in [5.74, 6) is 4.66. The number of aryl methyl sites for hydroxylation is 2. The van der Waals surface area contributed by atoms with E-state index < -0.39 is 11.7 Å². The van der Waals surface area contributed by atoms with Gasteiger partial charge in [0.1, 0.15) is 18.3 Å². The Morgan fingerprint density at radius 2 is 1.23 bits per heavy atom. The standard InChI is InChI=1S/C22H27N7O2.C17H19N7.ClH/c1-22(2,3)31-21(30)23-12-16-8-7-15(11-17(16)14-5-6-14)19-24-13-25-20(27-19)26-18-9-10-29(4)28-18;1-24-7-6-15(23-24)21-17-20-10-19-16(22-17)12-4-5-13(9-18)14(8-12)11-2-3-11;/h7-11,13-14H,5-6,12H2,1-4H3,(H,23,30)(H,24,25,26,27,28);4-8,10-11H,2-3,9,18H2,1H3,(H,19,20,21,22,23);1H. The van der Waals surface area contributed by atoms with Gasteiger partial charge in [-0.3, -0.25) is 9.36 Å². The minimum absolute atomic E-state index is 0. The molecule has 0 spiro atoms. The van der Waals surface area contributed by atoms with Crippen molar-refractivity contribution in [3.05, 3.63) is 95.8 Å². The highest BCUT2D eigenvalue weighted by Gasteiger charge is 2.28. The number of nitrogens with two attached hydrogens (primary N) is 1. The second-order valence-corrected chi connectivity index (χ2v) is 14.7. The van der Waals surface area contributed by atoms with Crippen LogP contribution in [0.2, 0.25) is 0 Å². The normalized spacial score (nSPS) is 13.5. The molecule has 2 fully saturated rings. The largest absolute Gasteiger partial charge is 0.444 e. The van der Waals surface area contributed by atoms with E-state index in [9.17, 15) is 4.79 Å². The van der Waals surface area contributed by atoms with Gasteiger partial charge in [0.25, 0.3) is 0 Å². The predicted octanol–water partition coefficient (Wildman–Crippen LogP) is 6.69. The number of nitrogens with zero attached hydrogens (tertiary/aromatic N) is 10. The van der Waals surface area contributed by atoms with Crippen molar-refractivity contribution in [2.24, 2.45) is 19.8 Å². The molecule has 8 rings (SSSR count). The maximum atomic E-state index is 12.0. The summed E-state index contributed by atoms with van der Waals surface area (Å²) in [6.07, 6.45) is 11.1. The summed E-state index contributed by atoms with van der Waals surface area (Å²) in [6.45, 7) is 6.54. The zero-order valence-electron chi connectivity index (χ0n) is 32.1. The monoisotopic (exact) mass is 778 g/mol. The number of nitrogens with one attached hydrogen (secondary N) is 3. The van der Waals surface area contributed by atoms with Gasteiger partial charge in [0.2, 0.25) is 11.9 Å². The molecular weight excluding hydrogens is 732 g/mol. The summed E-state index contributed by atoms with van der Waals surface area (Å²) in [5, 5.41) is 17.6. The van der Waals surface area contributed by atoms with Crippen LogP contribution in [0.4, 0.5) is 28.3 Å². The molecule has 0 saturated heterocycles. The van der Waals surface area contributed by atoms with E-state index in [4.69, 9.17) is 10.5 Å². The topological polar surface area (TPSA) is 201 Å². The number of aromatic nitrogens is 10. The number of rotatable bonds is 11. The number of hydrogen-bond acceptors (Lipinski definition) is 13. The third kappa shape index (κ3) is 10.6. The van der Waals surface area contributed by atoms with Crippen LogP contribution < -0.4 is 21.7 Å². The summed E-state index contributed by atoms with van der Waals surface area (Å²) in [4.78, 5) is 38.1. The van der Waals surface area contributed by atoms with Gasteiger partial charge >= 0.3 is 6.09 Å². The lowest BCUT2D eigenvalue weighted by Crippen LogP contribution is -2.32. The Hall–Kier alpha value is -6.00. The van der Waals surface area contributed by atoms with Crippen LogP contribution in [0.25, 0.3) is 22.8 Å². The smallest absolute Gasteiger partial charge is 0.407 e. The average molecular weight is 779 g/mol. The number of ether oxygens (including phenoxy) is 1. The maximum Gasteiger partial charge on any atom is 0.407 e.